The number of nitrogens with one attached hydrogen (secondary N) is 1. The smallest absolute Gasteiger partial charge is 0.250 e. The van der Waals surface area contributed by atoms with Crippen molar-refractivity contribution in [2.75, 3.05) is 19.3 Å². The Kier molecular flexibility index (Phi) is 7.54. The maximum absolute atomic E-state index is 13.2. The highest BCUT2D eigenvalue weighted by Crippen LogP contribution is 2.37. The van der Waals surface area contributed by atoms with Crippen LogP contribution in [0.1, 0.15) is 66.2 Å². The number of carbonyl (C=O) groups excluding carboxylic acids is 2. The summed E-state index contributed by atoms with van der Waals surface area (Å²) in [6.45, 7) is 5.80. The molecule has 7 heteroatoms. The summed E-state index contributed by atoms with van der Waals surface area (Å²) in [6.07, 6.45) is 8.51. The summed E-state index contributed by atoms with van der Waals surface area (Å²) in [5.41, 5.74) is 12.8. The molecule has 0 spiro atoms. The normalized spacial score (nSPS) is 22.4. The Morgan fingerprint density at radius 2 is 1.95 bits per heavy atom. The van der Waals surface area contributed by atoms with Gasteiger partial charge in [-0.25, -0.2) is 4.31 Å². The summed E-state index contributed by atoms with van der Waals surface area (Å²) in [7, 11) is 0. The predicted molar refractivity (Wildman–Crippen MR) is 156 cm³/mol. The van der Waals surface area contributed by atoms with Crippen molar-refractivity contribution in [2.24, 2.45) is 11.7 Å². The van der Waals surface area contributed by atoms with Crippen LogP contribution in [-0.4, -0.2) is 51.0 Å². The average molecular weight is 532 g/mol. The van der Waals surface area contributed by atoms with Crippen LogP contribution < -0.4 is 5.73 Å². The largest absolute Gasteiger partial charge is 0.390 e. The van der Waals surface area contributed by atoms with Gasteiger partial charge in [-0.05, 0) is 92.2 Å². The number of aliphatic hydroxyl groups is 1. The molecule has 6 nitrogen and oxygen atoms in total. The van der Waals surface area contributed by atoms with Gasteiger partial charge in [0.05, 0.1) is 16.7 Å². The fourth-order valence-electron chi connectivity index (χ4n) is 5.95. The van der Waals surface area contributed by atoms with Crippen LogP contribution in [0.5, 0.6) is 0 Å². The molecule has 3 aromatic rings. The fourth-order valence-corrected chi connectivity index (χ4v) is 6.45. The lowest BCUT2D eigenvalue weighted by Gasteiger charge is -2.32. The van der Waals surface area contributed by atoms with Crippen LogP contribution in [0, 0.1) is 12.8 Å². The van der Waals surface area contributed by atoms with Crippen molar-refractivity contribution < 1.29 is 14.7 Å². The molecule has 2 heterocycles. The summed E-state index contributed by atoms with van der Waals surface area (Å²) >= 11 is 1.75. The molecule has 1 fully saturated rings. The van der Waals surface area contributed by atoms with E-state index in [1.54, 1.807) is 18.0 Å². The first-order valence-electron chi connectivity index (χ1n) is 13.4. The van der Waals surface area contributed by atoms with Crippen molar-refractivity contribution in [2.45, 2.75) is 58.0 Å². The highest BCUT2D eigenvalue weighted by molar-refractivity contribution is 7.96. The number of hydrogen-bond donors (Lipinski definition) is 3. The van der Waals surface area contributed by atoms with E-state index in [-0.39, 0.29) is 11.7 Å². The van der Waals surface area contributed by atoms with Gasteiger partial charge in [-0.3, -0.25) is 9.59 Å². The molecule has 1 aliphatic carbocycles. The van der Waals surface area contributed by atoms with Crippen LogP contribution >= 0.6 is 11.9 Å². The fraction of sp³-hybridized carbons (Fsp3) is 0.419. The number of ketones is 1. The molecule has 1 aromatic heterocycles. The first kappa shape index (κ1) is 26.7. The predicted octanol–water partition coefficient (Wildman–Crippen LogP) is 5.66. The highest BCUT2D eigenvalue weighted by atomic mass is 32.2. The molecule has 0 unspecified atom stereocenters. The number of H-pyrrole nitrogens is 1. The minimum absolute atomic E-state index is 0.0119. The molecule has 5 rings (SSSR count). The van der Waals surface area contributed by atoms with Gasteiger partial charge >= 0.3 is 0 Å². The molecule has 2 aromatic carbocycles. The van der Waals surface area contributed by atoms with Gasteiger partial charge in [-0.2, -0.15) is 0 Å². The van der Waals surface area contributed by atoms with Crippen molar-refractivity contribution in [3.63, 3.8) is 0 Å². The number of nitrogens with zero attached hydrogens (tertiary/aromatic N) is 1. The van der Waals surface area contributed by atoms with Crippen LogP contribution in [0.25, 0.3) is 27.6 Å². The molecule has 4 N–H and O–H groups in total. The maximum Gasteiger partial charge on any atom is 0.250 e. The topological polar surface area (TPSA) is 99.4 Å². The van der Waals surface area contributed by atoms with E-state index < -0.39 is 11.5 Å². The number of benzene rings is 2. The average Bonchev–Trinajstić information content (AvgIpc) is 3.35. The monoisotopic (exact) mass is 531 g/mol. The Morgan fingerprint density at radius 1 is 1.18 bits per heavy atom. The summed E-state index contributed by atoms with van der Waals surface area (Å²) in [4.78, 5) is 29.0. The summed E-state index contributed by atoms with van der Waals surface area (Å²) in [6, 6.07) is 12.1. The molecule has 1 aliphatic heterocycles. The second-order valence-corrected chi connectivity index (χ2v) is 11.9. The van der Waals surface area contributed by atoms with Gasteiger partial charge < -0.3 is 15.8 Å². The molecular formula is C31H37N3O3S. The molecule has 38 heavy (non-hydrogen) atoms. The molecule has 2 aliphatic rings. The number of aromatic amines is 1. The third-order valence-electron chi connectivity index (χ3n) is 8.45. The Labute approximate surface area is 228 Å². The molecule has 200 valence electrons. The molecule has 1 amide bonds. The zero-order chi connectivity index (χ0) is 27.0. The standard InChI is InChI=1S/C31H37N3O3S/c1-19-22(17-28(35)21-9-13-31(2,37)14-10-21)5-4-6-23(19)24-7-8-25(30(32)36)29-26(24)18-27(33-29)20-11-15-34(38-3)16-12-20/h4-8,11,18,21,33,37H,9-10,12-17H2,1-3H3,(H2,32,36). The van der Waals surface area contributed by atoms with Gasteiger partial charge in [0.2, 0.25) is 0 Å². The Bertz CT molecular complexity index is 1410. The van der Waals surface area contributed by atoms with E-state index in [1.807, 2.05) is 25.1 Å². The number of hydrogen-bond acceptors (Lipinski definition) is 5. The minimum Gasteiger partial charge on any atom is -0.390 e. The molecule has 0 saturated heterocycles. The third kappa shape index (κ3) is 5.33. The van der Waals surface area contributed by atoms with Crippen molar-refractivity contribution in [3.05, 3.63) is 64.9 Å². The van der Waals surface area contributed by atoms with Gasteiger partial charge in [-0.15, -0.1) is 0 Å². The quantitative estimate of drug-likeness (QED) is 0.342. The van der Waals surface area contributed by atoms with Crippen LogP contribution in [0.2, 0.25) is 0 Å². The van der Waals surface area contributed by atoms with Crippen LogP contribution in [-0.2, 0) is 11.2 Å². The lowest BCUT2D eigenvalue weighted by molar-refractivity contribution is -0.124. The zero-order valence-corrected chi connectivity index (χ0v) is 23.3. The number of rotatable bonds is 7. The first-order valence-corrected chi connectivity index (χ1v) is 14.6. The van der Waals surface area contributed by atoms with Crippen molar-refractivity contribution in [1.82, 2.24) is 9.29 Å². The van der Waals surface area contributed by atoms with Gasteiger partial charge in [0.15, 0.2) is 0 Å². The summed E-state index contributed by atoms with van der Waals surface area (Å²) < 4.78 is 2.32. The van der Waals surface area contributed by atoms with Crippen molar-refractivity contribution in [1.29, 1.82) is 0 Å². The van der Waals surface area contributed by atoms with E-state index in [0.29, 0.717) is 24.8 Å². The first-order chi connectivity index (χ1) is 18.2. The Hall–Kier alpha value is -2.87. The summed E-state index contributed by atoms with van der Waals surface area (Å²) in [5, 5.41) is 11.2. The third-order valence-corrected chi connectivity index (χ3v) is 9.30. The lowest BCUT2D eigenvalue weighted by Crippen LogP contribution is -2.33. The summed E-state index contributed by atoms with van der Waals surface area (Å²) in [5.74, 6) is -0.191. The molecule has 0 atom stereocenters. The van der Waals surface area contributed by atoms with Gasteiger partial charge in [-0.1, -0.05) is 42.3 Å². The zero-order valence-electron chi connectivity index (χ0n) is 22.5. The highest BCUT2D eigenvalue weighted by Gasteiger charge is 2.32. The van der Waals surface area contributed by atoms with E-state index in [4.69, 9.17) is 5.73 Å². The molecular weight excluding hydrogens is 494 g/mol. The number of aromatic nitrogens is 1. The van der Waals surface area contributed by atoms with Crippen LogP contribution in [0.4, 0.5) is 0 Å². The van der Waals surface area contributed by atoms with Gasteiger partial charge in [0.1, 0.15) is 5.78 Å². The van der Waals surface area contributed by atoms with Crippen LogP contribution in [0.3, 0.4) is 0 Å². The van der Waals surface area contributed by atoms with E-state index in [9.17, 15) is 14.7 Å². The maximum atomic E-state index is 13.2. The number of carbonyl (C=O) groups is 2. The molecule has 0 bridgehead atoms. The lowest BCUT2D eigenvalue weighted by atomic mass is 9.77. The minimum atomic E-state index is -0.646. The number of primary amides is 1. The SMILES string of the molecule is CSN1CC=C(c2cc3c(-c4cccc(CC(=O)C5CCC(C)(O)CC5)c4C)ccc(C(N)=O)c3[nH]2)CC1. The van der Waals surface area contributed by atoms with E-state index >= 15 is 0 Å². The Morgan fingerprint density at radius 3 is 2.61 bits per heavy atom. The second-order valence-electron chi connectivity index (χ2n) is 11.1. The van der Waals surface area contributed by atoms with E-state index in [1.165, 1.54) is 5.57 Å². The van der Waals surface area contributed by atoms with Crippen LogP contribution in [0.15, 0.2) is 42.5 Å². The van der Waals surface area contributed by atoms with Gasteiger partial charge in [0.25, 0.3) is 5.91 Å². The number of nitrogens with two attached hydrogens (primary N) is 1. The van der Waals surface area contributed by atoms with E-state index in [2.05, 4.69) is 40.7 Å². The molecule has 0 radical (unpaired) electrons. The van der Waals surface area contributed by atoms with E-state index in [0.717, 1.165) is 71.2 Å². The van der Waals surface area contributed by atoms with Crippen molar-refractivity contribution in [3.8, 4) is 11.1 Å². The van der Waals surface area contributed by atoms with Gasteiger partial charge in [0, 0.05) is 36.5 Å². The number of Topliss-reactive ketones (excluding diaryl/α,β-unsaturated/α-hetero) is 1. The number of amides is 1. The Balaban J connectivity index is 1.49. The molecule has 1 saturated carbocycles. The van der Waals surface area contributed by atoms with Crippen molar-refractivity contribution >= 4 is 40.1 Å². The number of fused-ring (bicyclic) bond motifs is 1. The second kappa shape index (κ2) is 10.7.